The summed E-state index contributed by atoms with van der Waals surface area (Å²) >= 11 is 0. The van der Waals surface area contributed by atoms with Crippen molar-refractivity contribution in [2.75, 3.05) is 17.6 Å². The molecule has 0 spiro atoms. The van der Waals surface area contributed by atoms with Gasteiger partial charge in [-0.25, -0.2) is 17.8 Å². The highest BCUT2D eigenvalue weighted by atomic mass is 32.2. The number of carbonyl (C=O) groups is 1. The maximum atomic E-state index is 13.8. The molecule has 180 valence electrons. The highest BCUT2D eigenvalue weighted by Gasteiger charge is 2.34. The van der Waals surface area contributed by atoms with Crippen molar-refractivity contribution in [3.8, 4) is 0 Å². The number of hydrogen-bond donors (Lipinski definition) is 2. The fourth-order valence-electron chi connectivity index (χ4n) is 3.52. The molecule has 1 aromatic carbocycles. The van der Waals surface area contributed by atoms with Crippen molar-refractivity contribution in [3.63, 3.8) is 0 Å². The van der Waals surface area contributed by atoms with Crippen LogP contribution in [0.15, 0.2) is 41.8 Å². The number of sulfone groups is 1. The maximum absolute atomic E-state index is 13.8. The monoisotopic (exact) mass is 497 g/mol. The second-order valence-electron chi connectivity index (χ2n) is 7.62. The number of nitrogens with zero attached hydrogens (tertiary/aromatic N) is 3. The van der Waals surface area contributed by atoms with Gasteiger partial charge in [0, 0.05) is 18.4 Å². The molecule has 34 heavy (non-hydrogen) atoms. The Morgan fingerprint density at radius 2 is 2.00 bits per heavy atom. The van der Waals surface area contributed by atoms with Crippen LogP contribution in [-0.4, -0.2) is 46.5 Å². The quantitative estimate of drug-likeness (QED) is 0.521. The average molecular weight is 497 g/mol. The molecule has 0 atom stereocenters. The number of carbonyl (C=O) groups excluding carboxylic acids is 1. The molecule has 0 unspecified atom stereocenters. The van der Waals surface area contributed by atoms with Gasteiger partial charge in [0.15, 0.2) is 0 Å². The molecule has 1 aliphatic rings. The van der Waals surface area contributed by atoms with Crippen LogP contribution in [0.25, 0.3) is 0 Å². The van der Waals surface area contributed by atoms with Gasteiger partial charge in [-0.2, -0.15) is 13.2 Å². The Bertz CT molecular complexity index is 1350. The number of aromatic nitrogens is 3. The Morgan fingerprint density at radius 3 is 2.68 bits per heavy atom. The first-order chi connectivity index (χ1) is 16.0. The van der Waals surface area contributed by atoms with Gasteiger partial charge in [-0.15, -0.1) is 0 Å². The molecule has 0 radical (unpaired) electrons. The summed E-state index contributed by atoms with van der Waals surface area (Å²) < 4.78 is 75.8. The Kier molecular flexibility index (Phi) is 6.06. The Balaban J connectivity index is 1.47. The lowest BCUT2D eigenvalue weighted by molar-refractivity contribution is -0.139. The van der Waals surface area contributed by atoms with E-state index < -0.39 is 33.3 Å². The van der Waals surface area contributed by atoms with Crippen LogP contribution in [0.1, 0.15) is 34.2 Å². The number of alkyl halides is 3. The number of rotatable bonds is 5. The Hall–Kier alpha value is -3.48. The number of H-pyrrole nitrogens is 1. The SMILES string of the molecule is CCS(=O)(=O)c1nc(C(=O)N2CCc3cc(Nc4ccc(C(F)(F)F)c(F)c4)cnc3C2)c[nH]1. The van der Waals surface area contributed by atoms with Gasteiger partial charge >= 0.3 is 6.18 Å². The lowest BCUT2D eigenvalue weighted by atomic mass is 10.0. The van der Waals surface area contributed by atoms with Crippen LogP contribution in [0, 0.1) is 5.82 Å². The molecule has 3 aromatic rings. The van der Waals surface area contributed by atoms with Gasteiger partial charge in [0.05, 0.1) is 35.4 Å². The van der Waals surface area contributed by atoms with Crippen LogP contribution in [0.3, 0.4) is 0 Å². The van der Waals surface area contributed by atoms with Crippen LogP contribution in [-0.2, 0) is 29.0 Å². The molecule has 0 saturated heterocycles. The third-order valence-corrected chi connectivity index (χ3v) is 6.91. The summed E-state index contributed by atoms with van der Waals surface area (Å²) in [6.07, 6.45) is -1.65. The molecule has 1 amide bonds. The third kappa shape index (κ3) is 4.74. The highest BCUT2D eigenvalue weighted by Crippen LogP contribution is 2.33. The summed E-state index contributed by atoms with van der Waals surface area (Å²) in [6.45, 7) is 1.98. The van der Waals surface area contributed by atoms with Crippen molar-refractivity contribution in [1.29, 1.82) is 0 Å². The van der Waals surface area contributed by atoms with E-state index >= 15 is 0 Å². The minimum absolute atomic E-state index is 0.0157. The second kappa shape index (κ2) is 8.70. The first-order valence-electron chi connectivity index (χ1n) is 10.2. The first kappa shape index (κ1) is 23.7. The van der Waals surface area contributed by atoms with Crippen molar-refractivity contribution in [1.82, 2.24) is 19.9 Å². The summed E-state index contributed by atoms with van der Waals surface area (Å²) in [5, 5.41) is 2.57. The molecule has 4 rings (SSSR count). The number of amides is 1. The Morgan fingerprint density at radius 1 is 1.24 bits per heavy atom. The van der Waals surface area contributed by atoms with Gasteiger partial charge in [-0.05, 0) is 36.2 Å². The Labute approximate surface area is 192 Å². The largest absolute Gasteiger partial charge is 0.419 e. The molecule has 0 saturated carbocycles. The van der Waals surface area contributed by atoms with E-state index in [9.17, 15) is 30.8 Å². The minimum atomic E-state index is -4.78. The molecule has 2 aromatic heterocycles. The smallest absolute Gasteiger partial charge is 0.354 e. The molecular weight excluding hydrogens is 478 g/mol. The number of anilines is 2. The molecular formula is C21H19F4N5O3S. The van der Waals surface area contributed by atoms with Crippen molar-refractivity contribution in [3.05, 3.63) is 65.0 Å². The summed E-state index contributed by atoms with van der Waals surface area (Å²) in [7, 11) is -3.57. The van der Waals surface area contributed by atoms with Crippen molar-refractivity contribution >= 4 is 27.1 Å². The number of halogens is 4. The zero-order chi connectivity index (χ0) is 24.7. The van der Waals surface area contributed by atoms with Gasteiger partial charge in [-0.1, -0.05) is 6.92 Å². The number of nitrogens with one attached hydrogen (secondary N) is 2. The van der Waals surface area contributed by atoms with E-state index in [-0.39, 0.29) is 28.8 Å². The van der Waals surface area contributed by atoms with Crippen LogP contribution in [0.4, 0.5) is 28.9 Å². The molecule has 3 heterocycles. The number of fused-ring (bicyclic) bond motifs is 1. The zero-order valence-electron chi connectivity index (χ0n) is 17.8. The number of benzene rings is 1. The van der Waals surface area contributed by atoms with E-state index in [4.69, 9.17) is 0 Å². The molecule has 0 bridgehead atoms. The number of hydrogen-bond acceptors (Lipinski definition) is 6. The van der Waals surface area contributed by atoms with E-state index in [1.165, 1.54) is 24.2 Å². The second-order valence-corrected chi connectivity index (χ2v) is 9.81. The average Bonchev–Trinajstić information content (AvgIpc) is 3.29. The topological polar surface area (TPSA) is 108 Å². The van der Waals surface area contributed by atoms with Crippen molar-refractivity contribution in [2.24, 2.45) is 0 Å². The molecule has 1 aliphatic heterocycles. The molecule has 8 nitrogen and oxygen atoms in total. The molecule has 2 N–H and O–H groups in total. The summed E-state index contributed by atoms with van der Waals surface area (Å²) in [5.74, 6) is -1.97. The van der Waals surface area contributed by atoms with E-state index in [2.05, 4.69) is 20.3 Å². The summed E-state index contributed by atoms with van der Waals surface area (Å²) in [6, 6.07) is 4.29. The maximum Gasteiger partial charge on any atom is 0.419 e. The summed E-state index contributed by atoms with van der Waals surface area (Å²) in [5.41, 5.74) is 0.662. The predicted molar refractivity (Wildman–Crippen MR) is 114 cm³/mol. The lowest BCUT2D eigenvalue weighted by Crippen LogP contribution is -2.36. The van der Waals surface area contributed by atoms with Crippen LogP contribution in [0.5, 0.6) is 0 Å². The normalized spacial score (nSPS) is 14.1. The minimum Gasteiger partial charge on any atom is -0.354 e. The zero-order valence-corrected chi connectivity index (χ0v) is 18.6. The fourth-order valence-corrected chi connectivity index (χ4v) is 4.26. The van der Waals surface area contributed by atoms with Crippen molar-refractivity contribution in [2.45, 2.75) is 31.2 Å². The molecule has 0 aliphatic carbocycles. The number of pyridine rings is 1. The fraction of sp³-hybridized carbons (Fsp3) is 0.286. The van der Waals surface area contributed by atoms with Crippen LogP contribution >= 0.6 is 0 Å². The predicted octanol–water partition coefficient (Wildman–Crippen LogP) is 3.70. The van der Waals surface area contributed by atoms with Gasteiger partial charge in [0.2, 0.25) is 15.0 Å². The van der Waals surface area contributed by atoms with Crippen LogP contribution in [0.2, 0.25) is 0 Å². The standard InChI is InChI=1S/C21H19F4N5O3S/c1-2-34(32,33)20-27-10-17(29-20)19(31)30-6-5-12-7-14(9-26-18(12)11-30)28-13-3-4-15(16(22)8-13)21(23,24)25/h3-4,7-10,28H,2,5-6,11H2,1H3,(H,27,29). The molecule has 0 fully saturated rings. The molecule has 13 heteroatoms. The lowest BCUT2D eigenvalue weighted by Gasteiger charge is -2.28. The van der Waals surface area contributed by atoms with Gasteiger partial charge < -0.3 is 15.2 Å². The van der Waals surface area contributed by atoms with E-state index in [1.807, 2.05) is 0 Å². The van der Waals surface area contributed by atoms with E-state index in [0.29, 0.717) is 30.4 Å². The number of aromatic amines is 1. The van der Waals surface area contributed by atoms with E-state index in [0.717, 1.165) is 17.7 Å². The van der Waals surface area contributed by atoms with Gasteiger partial charge in [0.1, 0.15) is 11.5 Å². The van der Waals surface area contributed by atoms with E-state index in [1.54, 1.807) is 6.07 Å². The van der Waals surface area contributed by atoms with Crippen molar-refractivity contribution < 1.29 is 30.8 Å². The first-order valence-corrected chi connectivity index (χ1v) is 11.8. The highest BCUT2D eigenvalue weighted by molar-refractivity contribution is 7.91. The van der Waals surface area contributed by atoms with Gasteiger partial charge in [0.25, 0.3) is 5.91 Å². The van der Waals surface area contributed by atoms with Crippen LogP contribution < -0.4 is 5.32 Å². The van der Waals surface area contributed by atoms with Gasteiger partial charge in [-0.3, -0.25) is 9.78 Å². The summed E-state index contributed by atoms with van der Waals surface area (Å²) in [4.78, 5) is 25.0. The number of imidazole rings is 1. The third-order valence-electron chi connectivity index (χ3n) is 5.35.